The molecule has 3 rings (SSSR count). The summed E-state index contributed by atoms with van der Waals surface area (Å²) in [6.07, 6.45) is 0. The first-order chi connectivity index (χ1) is 20.3. The van der Waals surface area contributed by atoms with E-state index in [1.807, 2.05) is 23.1 Å². The molecule has 0 unspecified atom stereocenters. The lowest BCUT2D eigenvalue weighted by Gasteiger charge is -2.33. The van der Waals surface area contributed by atoms with Crippen LogP contribution in [0.3, 0.4) is 0 Å². The van der Waals surface area contributed by atoms with Gasteiger partial charge in [0.25, 0.3) is 0 Å². The molecular weight excluding hydrogens is 536 g/mol. The molecule has 2 aromatic rings. The minimum absolute atomic E-state index is 0.0808. The van der Waals surface area contributed by atoms with Crippen LogP contribution in [0.5, 0.6) is 0 Å². The van der Waals surface area contributed by atoms with Crippen LogP contribution in [0, 0.1) is 0 Å². The lowest BCUT2D eigenvalue weighted by atomic mass is 10.1. The highest BCUT2D eigenvalue weighted by atomic mass is 16.2. The van der Waals surface area contributed by atoms with Gasteiger partial charge in [0.15, 0.2) is 0 Å². The molecule has 12 heteroatoms. The zero-order chi connectivity index (χ0) is 30.3. The van der Waals surface area contributed by atoms with Crippen LogP contribution in [0.1, 0.15) is 5.56 Å². The maximum absolute atomic E-state index is 13.1. The van der Waals surface area contributed by atoms with Crippen molar-refractivity contribution < 1.29 is 19.2 Å². The van der Waals surface area contributed by atoms with E-state index in [9.17, 15) is 19.2 Å². The van der Waals surface area contributed by atoms with E-state index in [1.54, 1.807) is 21.1 Å². The van der Waals surface area contributed by atoms with Gasteiger partial charge >= 0.3 is 0 Å². The molecule has 42 heavy (non-hydrogen) atoms. The number of nitrogens with one attached hydrogen (secondary N) is 4. The summed E-state index contributed by atoms with van der Waals surface area (Å²) in [5.41, 5.74) is 1.03. The largest absolute Gasteiger partial charge is 0.358 e. The first-order valence-corrected chi connectivity index (χ1v) is 14.5. The van der Waals surface area contributed by atoms with Gasteiger partial charge in [-0.05, 0) is 22.4 Å². The Morgan fingerprint density at radius 3 is 1.33 bits per heavy atom. The van der Waals surface area contributed by atoms with E-state index in [-0.39, 0.29) is 49.8 Å². The third-order valence-corrected chi connectivity index (χ3v) is 7.54. The molecule has 0 saturated carbocycles. The molecule has 4 N–H and O–H groups in total. The summed E-state index contributed by atoms with van der Waals surface area (Å²) in [6, 6.07) is 14.3. The average Bonchev–Trinajstić information content (AvgIpc) is 3.00. The molecule has 0 atom stereocenters. The summed E-state index contributed by atoms with van der Waals surface area (Å²) in [5, 5.41) is 13.4. The fraction of sp³-hybridized carbons (Fsp3) is 0.533. The summed E-state index contributed by atoms with van der Waals surface area (Å²) >= 11 is 0. The monoisotopic (exact) mass is 582 g/mol. The summed E-state index contributed by atoms with van der Waals surface area (Å²) in [5.74, 6) is -0.339. The van der Waals surface area contributed by atoms with Gasteiger partial charge < -0.3 is 21.3 Å². The van der Waals surface area contributed by atoms with Crippen LogP contribution in [0.4, 0.5) is 0 Å². The normalized spacial score (nSPS) is 16.6. The van der Waals surface area contributed by atoms with Crippen molar-refractivity contribution in [3.05, 3.63) is 48.0 Å². The molecule has 1 saturated heterocycles. The zero-order valence-corrected chi connectivity index (χ0v) is 25.2. The minimum Gasteiger partial charge on any atom is -0.358 e. The van der Waals surface area contributed by atoms with Crippen LogP contribution < -0.4 is 21.3 Å². The molecule has 1 fully saturated rings. The highest BCUT2D eigenvalue weighted by Gasteiger charge is 2.21. The van der Waals surface area contributed by atoms with Crippen LogP contribution >= 0.6 is 0 Å². The molecule has 0 aromatic heterocycles. The number of carbonyl (C=O) groups excluding carboxylic acids is 4. The number of fused-ring (bicyclic) bond motifs is 1. The van der Waals surface area contributed by atoms with E-state index >= 15 is 0 Å². The molecule has 12 nitrogen and oxygen atoms in total. The van der Waals surface area contributed by atoms with Crippen molar-refractivity contribution in [2.75, 3.05) is 99.7 Å². The smallest absolute Gasteiger partial charge is 0.234 e. The number of nitrogens with zero attached hydrogens (tertiary/aromatic N) is 4. The number of likely N-dealkylation sites (N-methyl/N-ethyl adjacent to an activating group) is 3. The van der Waals surface area contributed by atoms with Crippen LogP contribution in [0.2, 0.25) is 0 Å². The third kappa shape index (κ3) is 11.4. The number of amides is 4. The van der Waals surface area contributed by atoms with Crippen molar-refractivity contribution in [2.45, 2.75) is 6.54 Å². The van der Waals surface area contributed by atoms with Crippen molar-refractivity contribution in [1.82, 2.24) is 40.9 Å². The van der Waals surface area contributed by atoms with Gasteiger partial charge in [-0.25, -0.2) is 0 Å². The standard InChI is InChI=1S/C30H46N8O4/c1-31-27(39)20-35-10-12-36(21-28(40)32-2)14-16-38(17-15-37(13-11-35)22-29(41)33-3)23-30(42)34-19-24-8-9-25-6-4-5-7-26(25)18-24/h4-9,18H,10-17,19-23H2,1-3H3,(H,31,39)(H,32,40)(H,33,41)(H,34,42). The van der Waals surface area contributed by atoms with Crippen molar-refractivity contribution in [2.24, 2.45) is 0 Å². The molecule has 1 aliphatic rings. The summed E-state index contributed by atoms with van der Waals surface area (Å²) < 4.78 is 0. The highest BCUT2D eigenvalue weighted by molar-refractivity contribution is 5.83. The minimum atomic E-state index is -0.0867. The van der Waals surface area contributed by atoms with Crippen molar-refractivity contribution in [3.8, 4) is 0 Å². The predicted molar refractivity (Wildman–Crippen MR) is 164 cm³/mol. The first kappa shape index (κ1) is 32.9. The average molecular weight is 583 g/mol. The molecule has 0 bridgehead atoms. The predicted octanol–water partition coefficient (Wildman–Crippen LogP) is -1.08. The van der Waals surface area contributed by atoms with Crippen LogP contribution in [-0.2, 0) is 25.7 Å². The summed E-state index contributed by atoms with van der Waals surface area (Å²) in [4.78, 5) is 57.9. The number of benzene rings is 2. The molecule has 1 heterocycles. The lowest BCUT2D eigenvalue weighted by molar-refractivity contribution is -0.124. The van der Waals surface area contributed by atoms with Gasteiger partial charge in [-0.15, -0.1) is 0 Å². The topological polar surface area (TPSA) is 129 Å². The van der Waals surface area contributed by atoms with Crippen LogP contribution in [-0.4, -0.2) is 143 Å². The first-order valence-electron chi connectivity index (χ1n) is 14.5. The summed E-state index contributed by atoms with van der Waals surface area (Å²) in [6.45, 7) is 5.99. The van der Waals surface area contributed by atoms with Crippen molar-refractivity contribution >= 4 is 34.4 Å². The van der Waals surface area contributed by atoms with Gasteiger partial charge in [0, 0.05) is 80.0 Å². The van der Waals surface area contributed by atoms with Gasteiger partial charge in [-0.1, -0.05) is 36.4 Å². The number of carbonyl (C=O) groups is 4. The molecule has 4 amide bonds. The second-order valence-corrected chi connectivity index (χ2v) is 10.6. The van der Waals surface area contributed by atoms with Gasteiger partial charge in [-0.3, -0.25) is 38.8 Å². The molecule has 0 spiro atoms. The van der Waals surface area contributed by atoms with E-state index < -0.39 is 0 Å². The highest BCUT2D eigenvalue weighted by Crippen LogP contribution is 2.15. The van der Waals surface area contributed by atoms with E-state index in [1.165, 1.54) is 0 Å². The van der Waals surface area contributed by atoms with Gasteiger partial charge in [0.1, 0.15) is 0 Å². The Balaban J connectivity index is 1.68. The quantitative estimate of drug-likeness (QED) is 0.279. The Kier molecular flexibility index (Phi) is 13.6. The maximum Gasteiger partial charge on any atom is 0.234 e. The van der Waals surface area contributed by atoms with Crippen LogP contribution in [0.15, 0.2) is 42.5 Å². The van der Waals surface area contributed by atoms with Gasteiger partial charge in [0.05, 0.1) is 26.2 Å². The Morgan fingerprint density at radius 1 is 0.548 bits per heavy atom. The molecule has 2 aromatic carbocycles. The third-order valence-electron chi connectivity index (χ3n) is 7.54. The molecule has 1 aliphatic heterocycles. The van der Waals surface area contributed by atoms with Gasteiger partial charge in [0.2, 0.25) is 23.6 Å². The van der Waals surface area contributed by atoms with E-state index in [2.05, 4.69) is 60.2 Å². The maximum atomic E-state index is 13.1. The molecule has 0 radical (unpaired) electrons. The van der Waals surface area contributed by atoms with Gasteiger partial charge in [-0.2, -0.15) is 0 Å². The van der Waals surface area contributed by atoms with Crippen LogP contribution in [0.25, 0.3) is 10.8 Å². The Hall–Kier alpha value is -3.58. The Bertz CT molecular complexity index is 1160. The SMILES string of the molecule is CNC(=O)CN1CCN(CC(=O)NC)CCN(CC(=O)NCc2ccc3ccccc3c2)CCN(CC(=O)NC)CC1. The Labute approximate surface area is 248 Å². The van der Waals surface area contributed by atoms with E-state index in [4.69, 9.17) is 0 Å². The van der Waals surface area contributed by atoms with E-state index in [0.717, 1.165) is 16.3 Å². The second-order valence-electron chi connectivity index (χ2n) is 10.6. The molecule has 230 valence electrons. The number of hydrogen-bond acceptors (Lipinski definition) is 8. The number of hydrogen-bond donors (Lipinski definition) is 4. The van der Waals surface area contributed by atoms with E-state index in [0.29, 0.717) is 58.9 Å². The second kappa shape index (κ2) is 17.4. The number of rotatable bonds is 10. The summed E-state index contributed by atoms with van der Waals surface area (Å²) in [7, 11) is 4.84. The molecular formula is C30H46N8O4. The lowest BCUT2D eigenvalue weighted by Crippen LogP contribution is -2.51. The van der Waals surface area contributed by atoms with Crippen molar-refractivity contribution in [3.63, 3.8) is 0 Å². The Morgan fingerprint density at radius 2 is 0.929 bits per heavy atom. The zero-order valence-electron chi connectivity index (χ0n) is 25.2. The molecule has 0 aliphatic carbocycles. The fourth-order valence-corrected chi connectivity index (χ4v) is 4.87. The fourth-order valence-electron chi connectivity index (χ4n) is 4.87. The van der Waals surface area contributed by atoms with Crippen molar-refractivity contribution in [1.29, 1.82) is 0 Å².